The molecule has 0 radical (unpaired) electrons. The van der Waals surface area contributed by atoms with Crippen molar-refractivity contribution in [2.75, 3.05) is 11.9 Å². The second kappa shape index (κ2) is 5.75. The summed E-state index contributed by atoms with van der Waals surface area (Å²) in [5.74, 6) is 1.86. The largest absolute Gasteiger partial charge is 0.481 e. The van der Waals surface area contributed by atoms with E-state index in [0.29, 0.717) is 0 Å². The van der Waals surface area contributed by atoms with E-state index in [4.69, 9.17) is 9.15 Å². The standard InChI is InChI=1S/C21H21NO2/c1-13-14(2)21-20(15(3)19(13)17-10-7-11-23-17)22-12-18(24-21)16-8-5-4-6-9-16/h4-11,18,22H,12H2,1-3H3. The number of nitrogens with one attached hydrogen (secondary N) is 1. The van der Waals surface area contributed by atoms with Crippen LogP contribution in [0.4, 0.5) is 5.69 Å². The van der Waals surface area contributed by atoms with Crippen molar-refractivity contribution in [3.05, 3.63) is 71.0 Å². The zero-order valence-electron chi connectivity index (χ0n) is 14.2. The highest BCUT2D eigenvalue weighted by atomic mass is 16.5. The molecule has 0 fully saturated rings. The van der Waals surface area contributed by atoms with Gasteiger partial charge in [-0.3, -0.25) is 0 Å². The zero-order chi connectivity index (χ0) is 16.7. The van der Waals surface area contributed by atoms with Crippen molar-refractivity contribution >= 4 is 5.69 Å². The zero-order valence-corrected chi connectivity index (χ0v) is 14.2. The lowest BCUT2D eigenvalue weighted by atomic mass is 9.92. The Bertz CT molecular complexity index is 867. The van der Waals surface area contributed by atoms with Gasteiger partial charge in [0.1, 0.15) is 17.6 Å². The molecule has 1 N–H and O–H groups in total. The monoisotopic (exact) mass is 319 g/mol. The predicted octanol–water partition coefficient (Wildman–Crippen LogP) is 5.42. The first-order valence-corrected chi connectivity index (χ1v) is 8.30. The number of furan rings is 1. The maximum Gasteiger partial charge on any atom is 0.146 e. The molecule has 3 heteroatoms. The van der Waals surface area contributed by atoms with Crippen molar-refractivity contribution in [2.45, 2.75) is 26.9 Å². The number of anilines is 1. The fraction of sp³-hybridized carbons (Fsp3) is 0.238. The Hall–Kier alpha value is -2.68. The fourth-order valence-electron chi connectivity index (χ4n) is 3.50. The summed E-state index contributed by atoms with van der Waals surface area (Å²) in [5, 5.41) is 3.58. The third-order valence-electron chi connectivity index (χ3n) is 4.92. The Balaban J connectivity index is 1.80. The normalized spacial score (nSPS) is 16.2. The van der Waals surface area contributed by atoms with Crippen molar-refractivity contribution in [3.63, 3.8) is 0 Å². The third-order valence-corrected chi connectivity index (χ3v) is 4.92. The minimum Gasteiger partial charge on any atom is -0.481 e. The molecule has 0 saturated heterocycles. The molecule has 1 aliphatic rings. The minimum atomic E-state index is 0.0330. The second-order valence-corrected chi connectivity index (χ2v) is 6.33. The van der Waals surface area contributed by atoms with Gasteiger partial charge in [0.25, 0.3) is 0 Å². The maximum absolute atomic E-state index is 6.39. The predicted molar refractivity (Wildman–Crippen MR) is 96.7 cm³/mol. The fourth-order valence-corrected chi connectivity index (χ4v) is 3.50. The Labute approximate surface area is 142 Å². The minimum absolute atomic E-state index is 0.0330. The summed E-state index contributed by atoms with van der Waals surface area (Å²) in [6.45, 7) is 7.14. The summed E-state index contributed by atoms with van der Waals surface area (Å²) in [7, 11) is 0. The lowest BCUT2D eigenvalue weighted by molar-refractivity contribution is 0.208. The molecule has 0 bridgehead atoms. The number of rotatable bonds is 2. The number of benzene rings is 2. The molecule has 3 aromatic rings. The molecule has 0 saturated carbocycles. The third kappa shape index (κ3) is 2.28. The summed E-state index contributed by atoms with van der Waals surface area (Å²) >= 11 is 0. The van der Waals surface area contributed by atoms with Crippen LogP contribution >= 0.6 is 0 Å². The van der Waals surface area contributed by atoms with E-state index in [9.17, 15) is 0 Å². The first kappa shape index (κ1) is 14.9. The van der Waals surface area contributed by atoms with E-state index in [0.717, 1.165) is 34.9 Å². The van der Waals surface area contributed by atoms with Crippen LogP contribution in [0.3, 0.4) is 0 Å². The number of hydrogen-bond acceptors (Lipinski definition) is 3. The Morgan fingerprint density at radius 1 is 0.917 bits per heavy atom. The van der Waals surface area contributed by atoms with Gasteiger partial charge in [-0.1, -0.05) is 30.3 Å². The molecule has 1 aliphatic heterocycles. The summed E-state index contributed by atoms with van der Waals surface area (Å²) < 4.78 is 12.0. The quantitative estimate of drug-likeness (QED) is 0.685. The van der Waals surface area contributed by atoms with Crippen molar-refractivity contribution < 1.29 is 9.15 Å². The van der Waals surface area contributed by atoms with E-state index in [1.54, 1.807) is 6.26 Å². The Morgan fingerprint density at radius 2 is 1.71 bits per heavy atom. The molecule has 4 rings (SSSR count). The van der Waals surface area contributed by atoms with Crippen LogP contribution in [0.25, 0.3) is 11.3 Å². The van der Waals surface area contributed by atoms with Gasteiger partial charge < -0.3 is 14.5 Å². The van der Waals surface area contributed by atoms with Gasteiger partial charge in [-0.05, 0) is 55.2 Å². The molecule has 1 atom stereocenters. The number of ether oxygens (including phenoxy) is 1. The first-order chi connectivity index (χ1) is 11.7. The van der Waals surface area contributed by atoms with Gasteiger partial charge in [-0.2, -0.15) is 0 Å². The smallest absolute Gasteiger partial charge is 0.146 e. The summed E-state index contributed by atoms with van der Waals surface area (Å²) in [6.07, 6.45) is 1.75. The number of hydrogen-bond donors (Lipinski definition) is 1. The van der Waals surface area contributed by atoms with Gasteiger partial charge in [0.2, 0.25) is 0 Å². The van der Waals surface area contributed by atoms with Crippen LogP contribution in [0.15, 0.2) is 53.1 Å². The van der Waals surface area contributed by atoms with Crippen LogP contribution in [0.2, 0.25) is 0 Å². The molecule has 122 valence electrons. The average molecular weight is 319 g/mol. The molecular formula is C21H21NO2. The summed E-state index contributed by atoms with van der Waals surface area (Å²) in [4.78, 5) is 0. The van der Waals surface area contributed by atoms with Crippen LogP contribution in [0.5, 0.6) is 5.75 Å². The SMILES string of the molecule is Cc1c(C)c(-c2ccco2)c(C)c2c1OC(c1ccccc1)CN2. The molecule has 3 nitrogen and oxygen atoms in total. The Kier molecular flexibility index (Phi) is 3.57. The van der Waals surface area contributed by atoms with Gasteiger partial charge >= 0.3 is 0 Å². The van der Waals surface area contributed by atoms with Crippen LogP contribution in [-0.4, -0.2) is 6.54 Å². The molecule has 0 spiro atoms. The van der Waals surface area contributed by atoms with Crippen molar-refractivity contribution in [3.8, 4) is 17.1 Å². The van der Waals surface area contributed by atoms with E-state index >= 15 is 0 Å². The lowest BCUT2D eigenvalue weighted by Crippen LogP contribution is -2.25. The Morgan fingerprint density at radius 3 is 2.42 bits per heavy atom. The molecule has 2 heterocycles. The molecule has 0 amide bonds. The highest BCUT2D eigenvalue weighted by Gasteiger charge is 2.27. The van der Waals surface area contributed by atoms with Crippen LogP contribution in [0, 0.1) is 20.8 Å². The van der Waals surface area contributed by atoms with Crippen molar-refractivity contribution in [2.24, 2.45) is 0 Å². The van der Waals surface area contributed by atoms with Gasteiger partial charge in [0.15, 0.2) is 0 Å². The van der Waals surface area contributed by atoms with E-state index in [-0.39, 0.29) is 6.10 Å². The van der Waals surface area contributed by atoms with E-state index < -0.39 is 0 Å². The van der Waals surface area contributed by atoms with E-state index in [1.165, 1.54) is 16.7 Å². The maximum atomic E-state index is 6.39. The van der Waals surface area contributed by atoms with E-state index in [2.05, 4.69) is 50.4 Å². The van der Waals surface area contributed by atoms with Crippen LogP contribution in [0.1, 0.15) is 28.4 Å². The van der Waals surface area contributed by atoms with Gasteiger partial charge in [-0.25, -0.2) is 0 Å². The second-order valence-electron chi connectivity index (χ2n) is 6.33. The van der Waals surface area contributed by atoms with Crippen molar-refractivity contribution in [1.29, 1.82) is 0 Å². The number of fused-ring (bicyclic) bond motifs is 1. The molecule has 1 aromatic heterocycles. The van der Waals surface area contributed by atoms with E-state index in [1.807, 2.05) is 18.2 Å². The summed E-state index contributed by atoms with van der Waals surface area (Å²) in [6, 6.07) is 14.3. The molecular weight excluding hydrogens is 298 g/mol. The highest BCUT2D eigenvalue weighted by Crippen LogP contribution is 2.45. The molecule has 1 unspecified atom stereocenters. The van der Waals surface area contributed by atoms with Gasteiger partial charge in [-0.15, -0.1) is 0 Å². The molecule has 24 heavy (non-hydrogen) atoms. The summed E-state index contributed by atoms with van der Waals surface area (Å²) in [5.41, 5.74) is 6.98. The van der Waals surface area contributed by atoms with Crippen LogP contribution < -0.4 is 10.1 Å². The van der Waals surface area contributed by atoms with Crippen molar-refractivity contribution in [1.82, 2.24) is 0 Å². The lowest BCUT2D eigenvalue weighted by Gasteiger charge is -2.32. The molecule has 2 aromatic carbocycles. The average Bonchev–Trinajstić information content (AvgIpc) is 3.14. The highest BCUT2D eigenvalue weighted by molar-refractivity contribution is 5.81. The topological polar surface area (TPSA) is 34.4 Å². The molecule has 0 aliphatic carbocycles. The van der Waals surface area contributed by atoms with Gasteiger partial charge in [0, 0.05) is 5.56 Å². The van der Waals surface area contributed by atoms with Crippen LogP contribution in [-0.2, 0) is 0 Å². The van der Waals surface area contributed by atoms with Gasteiger partial charge in [0.05, 0.1) is 18.5 Å². The first-order valence-electron chi connectivity index (χ1n) is 8.30.